The lowest BCUT2D eigenvalue weighted by molar-refractivity contribution is -0.119. The van der Waals surface area contributed by atoms with E-state index in [9.17, 15) is 4.79 Å². The Kier molecular flexibility index (Phi) is 2.88. The quantitative estimate of drug-likeness (QED) is 0.614. The number of amides is 1. The molecular weight excluding hydrogens is 140 g/mol. The lowest BCUT2D eigenvalue weighted by Gasteiger charge is -2.09. The van der Waals surface area contributed by atoms with Gasteiger partial charge in [-0.15, -0.1) is 0 Å². The molecule has 1 heterocycles. The van der Waals surface area contributed by atoms with Crippen molar-refractivity contribution in [2.24, 2.45) is 5.92 Å². The highest BCUT2D eigenvalue weighted by molar-refractivity contribution is 5.72. The average molecular weight is 156 g/mol. The van der Waals surface area contributed by atoms with Gasteiger partial charge in [0.2, 0.25) is 5.91 Å². The maximum Gasteiger partial charge on any atom is 0.216 e. The first-order valence-corrected chi connectivity index (χ1v) is 4.11. The van der Waals surface area contributed by atoms with Gasteiger partial charge in [0.15, 0.2) is 0 Å². The summed E-state index contributed by atoms with van der Waals surface area (Å²) in [6.45, 7) is 4.71. The van der Waals surface area contributed by atoms with Crippen LogP contribution in [0.3, 0.4) is 0 Å². The molecule has 0 aromatic rings. The minimum Gasteiger partial charge on any atom is -0.356 e. The Morgan fingerprint density at radius 2 is 2.45 bits per heavy atom. The van der Waals surface area contributed by atoms with Crippen LogP contribution in [0.25, 0.3) is 0 Å². The van der Waals surface area contributed by atoms with Crippen LogP contribution in [0.15, 0.2) is 0 Å². The summed E-state index contributed by atoms with van der Waals surface area (Å²) in [5.74, 6) is 0.753. The zero-order valence-corrected chi connectivity index (χ0v) is 7.26. The van der Waals surface area contributed by atoms with E-state index in [-0.39, 0.29) is 5.91 Å². The fourth-order valence-corrected chi connectivity index (χ4v) is 1.48. The Morgan fingerprint density at radius 3 is 2.91 bits per heavy atom. The van der Waals surface area contributed by atoms with Gasteiger partial charge in [0.1, 0.15) is 0 Å². The summed E-state index contributed by atoms with van der Waals surface area (Å²) in [4.78, 5) is 12.9. The normalized spacial score (nSPS) is 25.5. The molecule has 1 unspecified atom stereocenters. The van der Waals surface area contributed by atoms with Gasteiger partial charge in [-0.25, -0.2) is 0 Å². The first kappa shape index (κ1) is 8.53. The molecule has 0 saturated carbocycles. The number of rotatable bonds is 2. The monoisotopic (exact) mass is 156 g/mol. The van der Waals surface area contributed by atoms with Crippen LogP contribution in [0.5, 0.6) is 0 Å². The van der Waals surface area contributed by atoms with Crippen LogP contribution in [0, 0.1) is 5.92 Å². The molecule has 1 saturated heterocycles. The molecule has 0 aromatic carbocycles. The fraction of sp³-hybridized carbons (Fsp3) is 0.875. The summed E-state index contributed by atoms with van der Waals surface area (Å²) in [5.41, 5.74) is 0. The Labute approximate surface area is 67.8 Å². The van der Waals surface area contributed by atoms with Crippen molar-refractivity contribution in [2.45, 2.75) is 13.3 Å². The molecule has 3 nitrogen and oxygen atoms in total. The third-order valence-corrected chi connectivity index (χ3v) is 2.13. The van der Waals surface area contributed by atoms with Crippen molar-refractivity contribution in [3.05, 3.63) is 0 Å². The van der Waals surface area contributed by atoms with E-state index in [1.807, 2.05) is 0 Å². The van der Waals surface area contributed by atoms with E-state index < -0.39 is 0 Å². The van der Waals surface area contributed by atoms with Crippen LogP contribution < -0.4 is 5.32 Å². The molecule has 1 amide bonds. The zero-order valence-electron chi connectivity index (χ0n) is 7.26. The lowest BCUT2D eigenvalue weighted by atomic mass is 10.1. The van der Waals surface area contributed by atoms with E-state index in [0.717, 1.165) is 13.1 Å². The maximum absolute atomic E-state index is 10.6. The Bertz CT molecular complexity index is 147. The van der Waals surface area contributed by atoms with Gasteiger partial charge in [-0.3, -0.25) is 4.79 Å². The standard InChI is InChI=1S/C8H16N2O/c1-7(11)9-5-8-3-4-10(2)6-8/h8H,3-6H2,1-2H3,(H,9,11). The molecular formula is C8H16N2O. The van der Waals surface area contributed by atoms with Gasteiger partial charge >= 0.3 is 0 Å². The minimum atomic E-state index is 0.0829. The van der Waals surface area contributed by atoms with E-state index >= 15 is 0 Å². The number of nitrogens with one attached hydrogen (secondary N) is 1. The van der Waals surface area contributed by atoms with Gasteiger partial charge in [-0.2, -0.15) is 0 Å². The molecule has 64 valence electrons. The first-order valence-electron chi connectivity index (χ1n) is 4.11. The third-order valence-electron chi connectivity index (χ3n) is 2.13. The summed E-state index contributed by atoms with van der Waals surface area (Å²) in [6, 6.07) is 0. The highest BCUT2D eigenvalue weighted by Gasteiger charge is 2.18. The maximum atomic E-state index is 10.6. The Morgan fingerprint density at radius 1 is 1.73 bits per heavy atom. The van der Waals surface area contributed by atoms with Crippen LogP contribution in [0.1, 0.15) is 13.3 Å². The Hall–Kier alpha value is -0.570. The molecule has 1 aliphatic rings. The average Bonchev–Trinajstić information content (AvgIpc) is 2.31. The highest BCUT2D eigenvalue weighted by Crippen LogP contribution is 2.12. The number of carbonyl (C=O) groups is 1. The van der Waals surface area contributed by atoms with Crippen molar-refractivity contribution in [3.63, 3.8) is 0 Å². The molecule has 1 fully saturated rings. The first-order chi connectivity index (χ1) is 5.18. The van der Waals surface area contributed by atoms with E-state index in [1.54, 1.807) is 6.92 Å². The second-order valence-corrected chi connectivity index (χ2v) is 3.35. The molecule has 0 bridgehead atoms. The van der Waals surface area contributed by atoms with Crippen molar-refractivity contribution >= 4 is 5.91 Å². The van der Waals surface area contributed by atoms with Crippen LogP contribution in [-0.2, 0) is 4.79 Å². The SMILES string of the molecule is CC(=O)NCC1CCN(C)C1. The van der Waals surface area contributed by atoms with Crippen molar-refractivity contribution in [1.82, 2.24) is 10.2 Å². The zero-order chi connectivity index (χ0) is 8.27. The molecule has 0 radical (unpaired) electrons. The minimum absolute atomic E-state index is 0.0829. The summed E-state index contributed by atoms with van der Waals surface area (Å²) in [6.07, 6.45) is 1.22. The predicted molar refractivity (Wildman–Crippen MR) is 44.3 cm³/mol. The molecule has 11 heavy (non-hydrogen) atoms. The van der Waals surface area contributed by atoms with Gasteiger partial charge in [0, 0.05) is 20.0 Å². The number of hydrogen-bond donors (Lipinski definition) is 1. The van der Waals surface area contributed by atoms with Crippen molar-refractivity contribution < 1.29 is 4.79 Å². The molecule has 0 aromatic heterocycles. The van der Waals surface area contributed by atoms with E-state index in [1.165, 1.54) is 13.0 Å². The van der Waals surface area contributed by atoms with Crippen LogP contribution >= 0.6 is 0 Å². The molecule has 1 aliphatic heterocycles. The Balaban J connectivity index is 2.13. The van der Waals surface area contributed by atoms with Gasteiger partial charge in [0.25, 0.3) is 0 Å². The number of likely N-dealkylation sites (tertiary alicyclic amines) is 1. The fourth-order valence-electron chi connectivity index (χ4n) is 1.48. The second kappa shape index (κ2) is 3.72. The number of hydrogen-bond acceptors (Lipinski definition) is 2. The number of nitrogens with zero attached hydrogens (tertiary/aromatic N) is 1. The molecule has 0 spiro atoms. The van der Waals surface area contributed by atoms with E-state index in [4.69, 9.17) is 0 Å². The van der Waals surface area contributed by atoms with Crippen molar-refractivity contribution in [3.8, 4) is 0 Å². The summed E-state index contributed by atoms with van der Waals surface area (Å²) < 4.78 is 0. The van der Waals surface area contributed by atoms with Crippen LogP contribution in [0.2, 0.25) is 0 Å². The van der Waals surface area contributed by atoms with Crippen molar-refractivity contribution in [1.29, 1.82) is 0 Å². The van der Waals surface area contributed by atoms with Gasteiger partial charge in [-0.05, 0) is 25.9 Å². The highest BCUT2D eigenvalue weighted by atomic mass is 16.1. The number of carbonyl (C=O) groups excluding carboxylic acids is 1. The third kappa shape index (κ3) is 2.89. The van der Waals surface area contributed by atoms with Gasteiger partial charge in [-0.1, -0.05) is 0 Å². The lowest BCUT2D eigenvalue weighted by Crippen LogP contribution is -2.28. The molecule has 3 heteroatoms. The van der Waals surface area contributed by atoms with Crippen molar-refractivity contribution in [2.75, 3.05) is 26.7 Å². The smallest absolute Gasteiger partial charge is 0.216 e. The molecule has 1 atom stereocenters. The largest absolute Gasteiger partial charge is 0.356 e. The summed E-state index contributed by atoms with van der Waals surface area (Å²) >= 11 is 0. The van der Waals surface area contributed by atoms with Crippen LogP contribution in [0.4, 0.5) is 0 Å². The summed E-state index contributed by atoms with van der Waals surface area (Å²) in [7, 11) is 2.12. The predicted octanol–water partition coefficient (Wildman–Crippen LogP) is 0.0742. The second-order valence-electron chi connectivity index (χ2n) is 3.35. The van der Waals surface area contributed by atoms with Gasteiger partial charge < -0.3 is 10.2 Å². The van der Waals surface area contributed by atoms with E-state index in [2.05, 4.69) is 17.3 Å². The van der Waals surface area contributed by atoms with Crippen LogP contribution in [-0.4, -0.2) is 37.5 Å². The topological polar surface area (TPSA) is 32.3 Å². The molecule has 1 N–H and O–H groups in total. The van der Waals surface area contributed by atoms with Gasteiger partial charge in [0.05, 0.1) is 0 Å². The van der Waals surface area contributed by atoms with E-state index in [0.29, 0.717) is 5.92 Å². The summed E-state index contributed by atoms with van der Waals surface area (Å²) in [5, 5.41) is 2.84. The molecule has 1 rings (SSSR count). The molecule has 0 aliphatic carbocycles.